The molecule has 0 amide bonds. The third-order valence-electron chi connectivity index (χ3n) is 4.36. The molecule has 2 aromatic rings. The molecule has 1 heterocycles. The predicted octanol–water partition coefficient (Wildman–Crippen LogP) is 5.84. The van der Waals surface area contributed by atoms with Crippen LogP contribution in [0.1, 0.15) is 49.9 Å². The molecule has 3 atom stereocenters. The van der Waals surface area contributed by atoms with Crippen LogP contribution in [0.5, 0.6) is 0 Å². The summed E-state index contributed by atoms with van der Waals surface area (Å²) in [4.78, 5) is 4.75. The number of nitrogens with zero attached hydrogens (tertiary/aromatic N) is 2. The lowest BCUT2D eigenvalue weighted by atomic mass is 9.94. The van der Waals surface area contributed by atoms with E-state index in [1.54, 1.807) is 0 Å². The molecular formula is C16H20Cl2N2S. The van der Waals surface area contributed by atoms with Gasteiger partial charge >= 0.3 is 0 Å². The van der Waals surface area contributed by atoms with Gasteiger partial charge in [0, 0.05) is 11.3 Å². The summed E-state index contributed by atoms with van der Waals surface area (Å²) < 4.78 is 2.36. The molecule has 3 unspecified atom stereocenters. The van der Waals surface area contributed by atoms with Crippen molar-refractivity contribution in [1.29, 1.82) is 0 Å². The third-order valence-corrected chi connectivity index (χ3v) is 6.01. The number of imidazole rings is 1. The minimum atomic E-state index is -0.113. The van der Waals surface area contributed by atoms with Gasteiger partial charge in [0.1, 0.15) is 11.3 Å². The van der Waals surface area contributed by atoms with Crippen LogP contribution in [0.2, 0.25) is 5.02 Å². The smallest absolute Gasteiger partial charge is 0.128 e. The molecule has 21 heavy (non-hydrogen) atoms. The first kappa shape index (κ1) is 15.5. The van der Waals surface area contributed by atoms with Crippen LogP contribution in [-0.2, 0) is 0 Å². The van der Waals surface area contributed by atoms with E-state index in [0.717, 1.165) is 16.9 Å². The van der Waals surface area contributed by atoms with Gasteiger partial charge in [0.15, 0.2) is 0 Å². The van der Waals surface area contributed by atoms with Crippen molar-refractivity contribution in [3.8, 4) is 0 Å². The van der Waals surface area contributed by atoms with Crippen LogP contribution in [0.4, 0.5) is 0 Å². The maximum absolute atomic E-state index is 6.41. The lowest BCUT2D eigenvalue weighted by Gasteiger charge is -2.33. The second-order valence-corrected chi connectivity index (χ2v) is 7.83. The van der Waals surface area contributed by atoms with Gasteiger partial charge in [-0.25, -0.2) is 4.98 Å². The number of rotatable bonds is 3. The van der Waals surface area contributed by atoms with Gasteiger partial charge in [-0.3, -0.25) is 0 Å². The van der Waals surface area contributed by atoms with E-state index in [2.05, 4.69) is 16.9 Å². The number of benzene rings is 1. The highest BCUT2D eigenvalue weighted by Gasteiger charge is 2.30. The minimum absolute atomic E-state index is 0.113. The molecule has 1 aromatic carbocycles. The third kappa shape index (κ3) is 2.80. The molecule has 0 spiro atoms. The fraction of sp³-hybridized carbons (Fsp3) is 0.562. The Morgan fingerprint density at radius 1 is 1.33 bits per heavy atom. The highest BCUT2D eigenvalue weighted by atomic mass is 35.5. The second-order valence-electron chi connectivity index (χ2n) is 5.69. The highest BCUT2D eigenvalue weighted by molar-refractivity contribution is 7.99. The first-order valence-corrected chi connectivity index (χ1v) is 9.57. The summed E-state index contributed by atoms with van der Waals surface area (Å²) >= 11 is 14.7. The van der Waals surface area contributed by atoms with Crippen LogP contribution in [0.25, 0.3) is 11.0 Å². The van der Waals surface area contributed by atoms with Crippen LogP contribution in [0.3, 0.4) is 0 Å². The van der Waals surface area contributed by atoms with Gasteiger partial charge in [-0.1, -0.05) is 30.5 Å². The maximum atomic E-state index is 6.41. The summed E-state index contributed by atoms with van der Waals surface area (Å²) in [6.07, 6.45) is 7.26. The summed E-state index contributed by atoms with van der Waals surface area (Å²) in [5.74, 6) is 0.950. The van der Waals surface area contributed by atoms with Crippen LogP contribution in [-0.4, -0.2) is 21.1 Å². The van der Waals surface area contributed by atoms with E-state index >= 15 is 0 Å². The maximum Gasteiger partial charge on any atom is 0.128 e. The number of thioether (sulfide) groups is 1. The normalized spacial score (nSPS) is 24.4. The molecule has 0 radical (unpaired) electrons. The van der Waals surface area contributed by atoms with Gasteiger partial charge in [0.2, 0.25) is 0 Å². The van der Waals surface area contributed by atoms with Crippen molar-refractivity contribution in [3.05, 3.63) is 29.0 Å². The van der Waals surface area contributed by atoms with Crippen molar-refractivity contribution in [3.63, 3.8) is 0 Å². The molecule has 114 valence electrons. The Morgan fingerprint density at radius 3 is 2.81 bits per heavy atom. The first-order valence-electron chi connectivity index (χ1n) is 7.46. The molecule has 1 aliphatic carbocycles. The molecule has 1 aliphatic rings. The Balaban J connectivity index is 2.19. The van der Waals surface area contributed by atoms with E-state index < -0.39 is 0 Å². The molecule has 1 fully saturated rings. The molecule has 0 N–H and O–H groups in total. The van der Waals surface area contributed by atoms with Crippen LogP contribution in [0, 0.1) is 0 Å². The molecule has 1 saturated carbocycles. The molecule has 0 bridgehead atoms. The number of hydrogen-bond donors (Lipinski definition) is 0. The molecule has 0 aliphatic heterocycles. The Kier molecular flexibility index (Phi) is 4.72. The monoisotopic (exact) mass is 342 g/mol. The average Bonchev–Trinajstić information content (AvgIpc) is 2.88. The standard InChI is InChI=1S/C16H20Cl2N2S/c1-10(17)16-19-15-11(18)6-5-8-13(15)20(16)12-7-3-4-9-14(12)21-2/h5-6,8,10,12,14H,3-4,7,9H2,1-2H3. The zero-order chi connectivity index (χ0) is 15.0. The van der Waals surface area contributed by atoms with Gasteiger partial charge in [0.05, 0.1) is 15.9 Å². The Bertz CT molecular complexity index is 638. The zero-order valence-corrected chi connectivity index (χ0v) is 14.7. The van der Waals surface area contributed by atoms with E-state index in [1.165, 1.54) is 25.7 Å². The van der Waals surface area contributed by atoms with Crippen LogP contribution < -0.4 is 0 Å². The van der Waals surface area contributed by atoms with E-state index in [-0.39, 0.29) is 5.38 Å². The van der Waals surface area contributed by atoms with E-state index in [9.17, 15) is 0 Å². The Labute approximate surface area is 140 Å². The van der Waals surface area contributed by atoms with Crippen LogP contribution in [0.15, 0.2) is 18.2 Å². The average molecular weight is 343 g/mol. The summed E-state index contributed by atoms with van der Waals surface area (Å²) in [7, 11) is 0. The highest BCUT2D eigenvalue weighted by Crippen LogP contribution is 2.40. The number of hydrogen-bond acceptors (Lipinski definition) is 2. The lowest BCUT2D eigenvalue weighted by molar-refractivity contribution is 0.363. The fourth-order valence-electron chi connectivity index (χ4n) is 3.38. The largest absolute Gasteiger partial charge is 0.322 e. The van der Waals surface area contributed by atoms with Gasteiger partial charge in [-0.05, 0) is 38.2 Å². The Morgan fingerprint density at radius 2 is 2.10 bits per heavy atom. The lowest BCUT2D eigenvalue weighted by Crippen LogP contribution is -2.26. The topological polar surface area (TPSA) is 17.8 Å². The van der Waals surface area contributed by atoms with Crippen molar-refractivity contribution in [1.82, 2.24) is 9.55 Å². The summed E-state index contributed by atoms with van der Waals surface area (Å²) in [6.45, 7) is 1.99. The number of fused-ring (bicyclic) bond motifs is 1. The van der Waals surface area contributed by atoms with Gasteiger partial charge in [-0.2, -0.15) is 11.8 Å². The quantitative estimate of drug-likeness (QED) is 0.652. The SMILES string of the molecule is CSC1CCCCC1n1c(C(C)Cl)nc2c(Cl)cccc21. The summed E-state index contributed by atoms with van der Waals surface area (Å²) in [5.41, 5.74) is 2.00. The second kappa shape index (κ2) is 6.39. The fourth-order valence-corrected chi connectivity index (χ4v) is 4.72. The number of alkyl halides is 1. The van der Waals surface area contributed by atoms with Crippen molar-refractivity contribution in [2.45, 2.75) is 49.3 Å². The zero-order valence-electron chi connectivity index (χ0n) is 12.4. The number of aromatic nitrogens is 2. The predicted molar refractivity (Wildman–Crippen MR) is 93.8 cm³/mol. The van der Waals surface area contributed by atoms with E-state index in [0.29, 0.717) is 16.3 Å². The van der Waals surface area contributed by atoms with E-state index in [1.807, 2.05) is 30.8 Å². The van der Waals surface area contributed by atoms with Gasteiger partial charge in [-0.15, -0.1) is 11.6 Å². The van der Waals surface area contributed by atoms with Crippen molar-refractivity contribution < 1.29 is 0 Å². The van der Waals surface area contributed by atoms with Crippen molar-refractivity contribution >= 4 is 46.0 Å². The molecular weight excluding hydrogens is 323 g/mol. The molecule has 5 heteroatoms. The van der Waals surface area contributed by atoms with E-state index in [4.69, 9.17) is 28.2 Å². The van der Waals surface area contributed by atoms with Crippen molar-refractivity contribution in [2.75, 3.05) is 6.26 Å². The summed E-state index contributed by atoms with van der Waals surface area (Å²) in [5, 5.41) is 1.23. The number of para-hydroxylation sites is 1. The van der Waals surface area contributed by atoms with Crippen molar-refractivity contribution in [2.24, 2.45) is 0 Å². The molecule has 1 aromatic heterocycles. The number of halogens is 2. The van der Waals surface area contributed by atoms with Gasteiger partial charge < -0.3 is 4.57 Å². The first-order chi connectivity index (χ1) is 10.1. The molecule has 2 nitrogen and oxygen atoms in total. The Hall–Kier alpha value is -0.380. The molecule has 0 saturated heterocycles. The van der Waals surface area contributed by atoms with Crippen LogP contribution >= 0.6 is 35.0 Å². The minimum Gasteiger partial charge on any atom is -0.322 e. The van der Waals surface area contributed by atoms with Gasteiger partial charge in [0.25, 0.3) is 0 Å². The molecule has 3 rings (SSSR count). The summed E-state index contributed by atoms with van der Waals surface area (Å²) in [6, 6.07) is 6.48.